The van der Waals surface area contributed by atoms with E-state index in [2.05, 4.69) is 10.4 Å². The zero-order valence-electron chi connectivity index (χ0n) is 16.4. The molecule has 3 heterocycles. The quantitative estimate of drug-likeness (QED) is 0.752. The Balaban J connectivity index is 0.000000167. The summed E-state index contributed by atoms with van der Waals surface area (Å²) < 4.78 is 61.4. The molecule has 4 rings (SSSR count). The van der Waals surface area contributed by atoms with Crippen molar-refractivity contribution in [2.24, 2.45) is 12.5 Å². The van der Waals surface area contributed by atoms with Crippen LogP contribution in [0.4, 0.5) is 13.2 Å². The molecule has 2 aliphatic heterocycles. The molecule has 1 saturated carbocycles. The largest absolute Gasteiger partial charge is 0.435 e. The fourth-order valence-electron chi connectivity index (χ4n) is 4.75. The van der Waals surface area contributed by atoms with Gasteiger partial charge in [-0.15, -0.1) is 0 Å². The van der Waals surface area contributed by atoms with Crippen LogP contribution in [0, 0.1) is 5.41 Å². The monoisotopic (exact) mass is 421 g/mol. The number of hydrogen-bond donors (Lipinski definition) is 1. The number of nitrogens with one attached hydrogen (secondary N) is 1. The lowest BCUT2D eigenvalue weighted by Gasteiger charge is -2.32. The molecule has 3 aliphatic rings. The van der Waals surface area contributed by atoms with E-state index in [4.69, 9.17) is 0 Å². The van der Waals surface area contributed by atoms with Crippen molar-refractivity contribution in [3.63, 3.8) is 0 Å². The lowest BCUT2D eigenvalue weighted by atomic mass is 9.80. The van der Waals surface area contributed by atoms with Gasteiger partial charge < -0.3 is 5.32 Å². The molecule has 0 bridgehead atoms. The summed E-state index contributed by atoms with van der Waals surface area (Å²) in [6.07, 6.45) is 4.16. The molecule has 3 fully saturated rings. The predicted molar refractivity (Wildman–Crippen MR) is 102 cm³/mol. The van der Waals surface area contributed by atoms with Crippen molar-refractivity contribution in [1.29, 1.82) is 0 Å². The maximum atomic E-state index is 12.5. The fraction of sp³-hybridized carbons (Fsp3) is 0.842. The first-order valence-electron chi connectivity index (χ1n) is 10.1. The van der Waals surface area contributed by atoms with E-state index < -0.39 is 21.7 Å². The molecule has 28 heavy (non-hydrogen) atoms. The minimum absolute atomic E-state index is 0.108. The third-order valence-corrected chi connectivity index (χ3v) is 8.14. The molecule has 1 aromatic rings. The molecule has 0 aromatic carbocycles. The summed E-state index contributed by atoms with van der Waals surface area (Å²) >= 11 is 0. The number of hydrogen-bond acceptors (Lipinski definition) is 4. The molecular weight excluding hydrogens is 391 g/mol. The minimum Gasteiger partial charge on any atom is -0.316 e. The van der Waals surface area contributed by atoms with Gasteiger partial charge in [-0.05, 0) is 50.1 Å². The SMILES string of the molecule is Cn1nc(C(F)(F)F)cc1C1CCCCC1.O=S1(=O)CC[C@]2(CCCNC2)C1. The molecule has 5 nitrogen and oxygen atoms in total. The van der Waals surface area contributed by atoms with Crippen LogP contribution in [0.1, 0.15) is 68.7 Å². The van der Waals surface area contributed by atoms with Crippen LogP contribution in [0.5, 0.6) is 0 Å². The first-order valence-corrected chi connectivity index (χ1v) is 11.9. The predicted octanol–water partition coefficient (Wildman–Crippen LogP) is 3.66. The number of rotatable bonds is 1. The van der Waals surface area contributed by atoms with Crippen molar-refractivity contribution >= 4 is 9.84 Å². The highest BCUT2D eigenvalue weighted by Crippen LogP contribution is 2.38. The summed E-state index contributed by atoms with van der Waals surface area (Å²) in [6, 6.07) is 1.20. The maximum Gasteiger partial charge on any atom is 0.435 e. The van der Waals surface area contributed by atoms with Crippen LogP contribution < -0.4 is 5.32 Å². The third-order valence-electron chi connectivity index (χ3n) is 6.26. The van der Waals surface area contributed by atoms with E-state index in [0.717, 1.165) is 63.7 Å². The van der Waals surface area contributed by atoms with Gasteiger partial charge in [-0.1, -0.05) is 19.3 Å². The molecule has 0 unspecified atom stereocenters. The van der Waals surface area contributed by atoms with Crippen LogP contribution in [0.15, 0.2) is 6.07 Å². The minimum atomic E-state index is -4.33. The highest BCUT2D eigenvalue weighted by molar-refractivity contribution is 7.91. The van der Waals surface area contributed by atoms with Gasteiger partial charge in [0.1, 0.15) is 0 Å². The normalized spacial score (nSPS) is 28.1. The van der Waals surface area contributed by atoms with Gasteiger partial charge in [0.2, 0.25) is 0 Å². The van der Waals surface area contributed by atoms with Gasteiger partial charge in [0.05, 0.1) is 11.5 Å². The lowest BCUT2D eigenvalue weighted by Crippen LogP contribution is -2.40. The van der Waals surface area contributed by atoms with Gasteiger partial charge >= 0.3 is 6.18 Å². The molecular formula is C19H30F3N3O2S. The van der Waals surface area contributed by atoms with Gasteiger partial charge in [0.25, 0.3) is 0 Å². The molecule has 1 aliphatic carbocycles. The second kappa shape index (κ2) is 8.34. The summed E-state index contributed by atoms with van der Waals surface area (Å²) in [5, 5.41) is 6.84. The summed E-state index contributed by atoms with van der Waals surface area (Å²) in [7, 11) is -1.10. The number of halogens is 3. The number of sulfone groups is 1. The molecule has 0 radical (unpaired) electrons. The topological polar surface area (TPSA) is 64.0 Å². The van der Waals surface area contributed by atoms with Gasteiger partial charge in [0, 0.05) is 25.2 Å². The number of aryl methyl sites for hydroxylation is 1. The number of aromatic nitrogens is 2. The van der Waals surface area contributed by atoms with Crippen LogP contribution in [0.2, 0.25) is 0 Å². The standard InChI is InChI=1S/C11H15F3N2.C8H15NO2S/c1-16-9(8-5-3-2-4-6-8)7-10(15-16)11(12,13)14;10-12(11)5-3-8(7-12)2-1-4-9-6-8/h7-8H,2-6H2,1H3;9H,1-7H2/t;8-/m.0/s1. The molecule has 2 saturated heterocycles. The Morgan fingerprint density at radius 1 is 1.18 bits per heavy atom. The Bertz CT molecular complexity index is 762. The zero-order chi connectivity index (χ0) is 20.4. The van der Waals surface area contributed by atoms with Crippen molar-refractivity contribution in [3.8, 4) is 0 Å². The molecule has 9 heteroatoms. The molecule has 1 atom stereocenters. The smallest absolute Gasteiger partial charge is 0.316 e. The molecule has 1 N–H and O–H groups in total. The van der Waals surface area contributed by atoms with Crippen LogP contribution >= 0.6 is 0 Å². The second-order valence-corrected chi connectivity index (χ2v) is 10.7. The molecule has 0 amide bonds. The fourth-order valence-corrected chi connectivity index (χ4v) is 6.96. The Morgan fingerprint density at radius 3 is 2.39 bits per heavy atom. The first kappa shape index (κ1) is 21.6. The van der Waals surface area contributed by atoms with E-state index >= 15 is 0 Å². The van der Waals surface area contributed by atoms with Gasteiger partial charge in [0.15, 0.2) is 15.5 Å². The van der Waals surface area contributed by atoms with E-state index in [1.165, 1.54) is 17.2 Å². The Kier molecular flexibility index (Phi) is 6.44. The van der Waals surface area contributed by atoms with E-state index in [0.29, 0.717) is 11.5 Å². The average Bonchev–Trinajstić information content (AvgIpc) is 3.17. The average molecular weight is 422 g/mol. The van der Waals surface area contributed by atoms with Crippen molar-refractivity contribution in [3.05, 3.63) is 17.5 Å². The van der Waals surface area contributed by atoms with E-state index in [1.807, 2.05) is 0 Å². The first-order chi connectivity index (χ1) is 13.1. The highest BCUT2D eigenvalue weighted by atomic mass is 32.2. The summed E-state index contributed by atoms with van der Waals surface area (Å²) in [4.78, 5) is 0. The van der Waals surface area contributed by atoms with Crippen LogP contribution in [0.3, 0.4) is 0 Å². The molecule has 1 spiro atoms. The lowest BCUT2D eigenvalue weighted by molar-refractivity contribution is -0.141. The van der Waals surface area contributed by atoms with Gasteiger partial charge in [-0.3, -0.25) is 4.68 Å². The van der Waals surface area contributed by atoms with Gasteiger partial charge in [-0.25, -0.2) is 8.42 Å². The van der Waals surface area contributed by atoms with Crippen molar-refractivity contribution in [2.45, 2.75) is 63.5 Å². The Morgan fingerprint density at radius 2 is 1.89 bits per heavy atom. The zero-order valence-corrected chi connectivity index (χ0v) is 17.2. The van der Waals surface area contributed by atoms with E-state index in [-0.39, 0.29) is 11.3 Å². The maximum absolute atomic E-state index is 12.5. The highest BCUT2D eigenvalue weighted by Gasteiger charge is 2.42. The van der Waals surface area contributed by atoms with Crippen LogP contribution in [-0.2, 0) is 23.1 Å². The molecule has 1 aromatic heterocycles. The third kappa shape index (κ3) is 5.28. The van der Waals surface area contributed by atoms with Crippen molar-refractivity contribution < 1.29 is 21.6 Å². The Labute approximate surface area is 165 Å². The number of alkyl halides is 3. The summed E-state index contributed by atoms with van der Waals surface area (Å²) in [5.41, 5.74) is 0.0690. The Hall–Kier alpha value is -1.09. The van der Waals surface area contributed by atoms with E-state index in [1.54, 1.807) is 7.05 Å². The van der Waals surface area contributed by atoms with Crippen LogP contribution in [-0.4, -0.2) is 42.8 Å². The summed E-state index contributed by atoms with van der Waals surface area (Å²) in [6.45, 7) is 1.97. The molecule has 160 valence electrons. The second-order valence-electron chi connectivity index (χ2n) is 8.53. The number of piperidine rings is 1. The van der Waals surface area contributed by atoms with Crippen molar-refractivity contribution in [2.75, 3.05) is 24.6 Å². The van der Waals surface area contributed by atoms with Gasteiger partial charge in [-0.2, -0.15) is 18.3 Å². The summed E-state index contributed by atoms with van der Waals surface area (Å²) in [5.74, 6) is 1.09. The van der Waals surface area contributed by atoms with E-state index in [9.17, 15) is 21.6 Å². The van der Waals surface area contributed by atoms with Crippen LogP contribution in [0.25, 0.3) is 0 Å². The van der Waals surface area contributed by atoms with Crippen molar-refractivity contribution in [1.82, 2.24) is 15.1 Å². The number of nitrogens with zero attached hydrogens (tertiary/aromatic N) is 2.